The van der Waals surface area contributed by atoms with Gasteiger partial charge in [0.25, 0.3) is 0 Å². The number of nitriles is 1. The Morgan fingerprint density at radius 1 is 1.20 bits per heavy atom. The van der Waals surface area contributed by atoms with Gasteiger partial charge in [-0.15, -0.1) is 0 Å². The second-order valence-corrected chi connectivity index (χ2v) is 9.92. The first-order valence-electron chi connectivity index (χ1n) is 13.8. The molecule has 1 aromatic rings. The number of hydrogen-bond donors (Lipinski definition) is 1. The number of hydrogen-bond acceptors (Lipinski definition) is 7. The molecule has 0 unspecified atom stereocenters. The van der Waals surface area contributed by atoms with Crippen LogP contribution in [0.4, 0.5) is 19.0 Å². The number of amides is 1. The van der Waals surface area contributed by atoms with Crippen molar-refractivity contribution in [1.29, 1.82) is 5.26 Å². The summed E-state index contributed by atoms with van der Waals surface area (Å²) in [6, 6.07) is 3.65. The molecule has 2 saturated heterocycles. The predicted octanol–water partition coefficient (Wildman–Crippen LogP) is 5.79. The number of piperidine rings is 1. The zero-order chi connectivity index (χ0) is 29.5. The van der Waals surface area contributed by atoms with Crippen molar-refractivity contribution in [2.24, 2.45) is 0 Å². The van der Waals surface area contributed by atoms with Gasteiger partial charge < -0.3 is 19.9 Å². The molecule has 0 saturated carbocycles. The molecule has 2 fully saturated rings. The van der Waals surface area contributed by atoms with E-state index in [2.05, 4.69) is 46.7 Å². The Hall–Kier alpha value is -3.55. The van der Waals surface area contributed by atoms with Crippen LogP contribution < -0.4 is 15.0 Å². The van der Waals surface area contributed by atoms with Crippen LogP contribution in [0, 0.1) is 11.3 Å². The molecule has 1 amide bonds. The molecule has 1 aliphatic carbocycles. The van der Waals surface area contributed by atoms with Crippen molar-refractivity contribution in [3.05, 3.63) is 47.5 Å². The minimum atomic E-state index is -4.58. The largest absolute Gasteiger partial charge is 0.474 e. The zero-order valence-corrected chi connectivity index (χ0v) is 23.8. The second-order valence-electron chi connectivity index (χ2n) is 9.92. The SMILES string of the molecule is C=C(C)N1CCC(Oc2cc(N3CCC3)nc(C(F)(F)F)n2)CC1.CCC.N#CC1=CC=C(CCNC=O)CC1. The van der Waals surface area contributed by atoms with Gasteiger partial charge in [0, 0.05) is 62.9 Å². The van der Waals surface area contributed by atoms with Gasteiger partial charge in [-0.25, -0.2) is 4.98 Å². The third kappa shape index (κ3) is 10.9. The van der Waals surface area contributed by atoms with Gasteiger partial charge in [-0.2, -0.15) is 23.4 Å². The maximum absolute atomic E-state index is 13.0. The number of carbonyl (C=O) groups excluding carboxylic acids is 1. The summed E-state index contributed by atoms with van der Waals surface area (Å²) in [5.41, 5.74) is 3.13. The molecule has 0 radical (unpaired) electrons. The predicted molar refractivity (Wildman–Crippen MR) is 150 cm³/mol. The van der Waals surface area contributed by atoms with Crippen LogP contribution in [0.15, 0.2) is 41.6 Å². The van der Waals surface area contributed by atoms with Crippen LogP contribution >= 0.6 is 0 Å². The van der Waals surface area contributed by atoms with E-state index in [9.17, 15) is 18.0 Å². The summed E-state index contributed by atoms with van der Waals surface area (Å²) in [4.78, 5) is 21.1. The number of aromatic nitrogens is 2. The molecule has 0 atom stereocenters. The number of carbonyl (C=O) groups is 1. The summed E-state index contributed by atoms with van der Waals surface area (Å²) in [6.45, 7) is 13.8. The normalized spacial score (nSPS) is 16.9. The Labute approximate surface area is 235 Å². The number of allylic oxidation sites excluding steroid dienone is 4. The fourth-order valence-corrected chi connectivity index (χ4v) is 4.11. The van der Waals surface area contributed by atoms with E-state index in [1.54, 1.807) is 4.90 Å². The van der Waals surface area contributed by atoms with Crippen LogP contribution in [-0.2, 0) is 11.0 Å². The van der Waals surface area contributed by atoms with Crippen LogP contribution in [-0.4, -0.2) is 60.1 Å². The summed E-state index contributed by atoms with van der Waals surface area (Å²) in [5.74, 6) is -0.841. The second kappa shape index (κ2) is 16.5. The van der Waals surface area contributed by atoms with Gasteiger partial charge in [-0.1, -0.05) is 38.5 Å². The molecule has 3 heterocycles. The van der Waals surface area contributed by atoms with Crippen molar-refractivity contribution < 1.29 is 22.7 Å². The van der Waals surface area contributed by atoms with Crippen LogP contribution in [0.25, 0.3) is 0 Å². The van der Waals surface area contributed by atoms with Gasteiger partial charge in [0.05, 0.1) is 6.07 Å². The highest BCUT2D eigenvalue weighted by Crippen LogP contribution is 2.32. The third-order valence-electron chi connectivity index (χ3n) is 6.45. The molecular formula is C29H41F3N6O2. The Kier molecular flexibility index (Phi) is 13.5. The van der Waals surface area contributed by atoms with Gasteiger partial charge in [0.15, 0.2) is 0 Å². The van der Waals surface area contributed by atoms with Gasteiger partial charge in [0.1, 0.15) is 11.9 Å². The molecule has 1 N–H and O–H groups in total. The Bertz CT molecular complexity index is 1070. The van der Waals surface area contributed by atoms with Crippen molar-refractivity contribution in [1.82, 2.24) is 20.2 Å². The third-order valence-corrected chi connectivity index (χ3v) is 6.45. The maximum Gasteiger partial charge on any atom is 0.451 e. The molecule has 220 valence electrons. The van der Waals surface area contributed by atoms with E-state index in [-0.39, 0.29) is 17.8 Å². The van der Waals surface area contributed by atoms with E-state index in [4.69, 9.17) is 10.00 Å². The van der Waals surface area contributed by atoms with E-state index >= 15 is 0 Å². The van der Waals surface area contributed by atoms with Crippen LogP contribution in [0.1, 0.15) is 71.5 Å². The lowest BCUT2D eigenvalue weighted by molar-refractivity contribution is -0.145. The van der Waals surface area contributed by atoms with Crippen LogP contribution in [0.5, 0.6) is 5.88 Å². The first kappa shape index (κ1) is 32.7. The highest BCUT2D eigenvalue weighted by Gasteiger charge is 2.37. The van der Waals surface area contributed by atoms with E-state index in [0.717, 1.165) is 62.9 Å². The molecule has 11 heteroatoms. The first-order chi connectivity index (χ1) is 19.1. The van der Waals surface area contributed by atoms with E-state index in [1.165, 1.54) is 18.1 Å². The number of likely N-dealkylation sites (tertiary alicyclic amines) is 1. The summed E-state index contributed by atoms with van der Waals surface area (Å²) >= 11 is 0. The average molecular weight is 563 g/mol. The molecule has 2 aliphatic heterocycles. The van der Waals surface area contributed by atoms with Crippen molar-refractivity contribution in [2.45, 2.75) is 78.0 Å². The number of nitrogens with zero attached hydrogens (tertiary/aromatic N) is 5. The standard InChI is InChI=1S/C16H21F3N4O.C10H12N2O.C3H8/c1-11(2)22-8-4-12(5-9-22)24-14-10-13(23-6-3-7-23)20-15(21-14)16(17,18)19;11-7-10-3-1-9(2-4-10)5-6-12-8-13;1-3-2/h10,12H,1,3-9H2,2H3;1,3,8H,2,4-6H2,(H,12,13);3H2,1-2H3. The molecule has 3 aliphatic rings. The zero-order valence-electron chi connectivity index (χ0n) is 23.8. The lowest BCUT2D eigenvalue weighted by Gasteiger charge is -2.34. The molecule has 4 rings (SSSR count). The molecule has 40 heavy (non-hydrogen) atoms. The Balaban J connectivity index is 0.000000295. The van der Waals surface area contributed by atoms with Crippen LogP contribution in [0.3, 0.4) is 0 Å². The summed E-state index contributed by atoms with van der Waals surface area (Å²) in [5, 5.41) is 11.2. The summed E-state index contributed by atoms with van der Waals surface area (Å²) in [7, 11) is 0. The maximum atomic E-state index is 13.0. The fourth-order valence-electron chi connectivity index (χ4n) is 4.11. The molecular weight excluding hydrogens is 521 g/mol. The summed E-state index contributed by atoms with van der Waals surface area (Å²) in [6.07, 6.45) is 6.17. The fraction of sp³-hybridized carbons (Fsp3) is 0.586. The molecule has 0 aromatic carbocycles. The van der Waals surface area contributed by atoms with Crippen LogP contribution in [0.2, 0.25) is 0 Å². The monoisotopic (exact) mass is 562 g/mol. The van der Waals surface area contributed by atoms with E-state index < -0.39 is 12.0 Å². The van der Waals surface area contributed by atoms with Crippen molar-refractivity contribution in [3.8, 4) is 11.9 Å². The molecule has 1 aromatic heterocycles. The number of rotatable bonds is 8. The average Bonchev–Trinajstić information content (AvgIpc) is 2.89. The smallest absolute Gasteiger partial charge is 0.451 e. The lowest BCUT2D eigenvalue weighted by atomic mass is 9.97. The molecule has 0 spiro atoms. The number of alkyl halides is 3. The number of ether oxygens (including phenoxy) is 1. The molecule has 8 nitrogen and oxygen atoms in total. The van der Waals surface area contributed by atoms with Crippen molar-refractivity contribution >= 4 is 12.2 Å². The first-order valence-corrected chi connectivity index (χ1v) is 13.8. The number of nitrogens with one attached hydrogen (secondary N) is 1. The quantitative estimate of drug-likeness (QED) is 0.317. The van der Waals surface area contributed by atoms with Crippen molar-refractivity contribution in [3.63, 3.8) is 0 Å². The number of halogens is 3. The topological polar surface area (TPSA) is 94.4 Å². The molecule has 0 bridgehead atoms. The summed E-state index contributed by atoms with van der Waals surface area (Å²) < 4.78 is 44.9. The van der Waals surface area contributed by atoms with E-state index in [1.807, 2.05) is 19.1 Å². The lowest BCUT2D eigenvalue weighted by Crippen LogP contribution is -2.38. The van der Waals surface area contributed by atoms with Gasteiger partial charge in [-0.3, -0.25) is 4.79 Å². The van der Waals surface area contributed by atoms with Gasteiger partial charge in [0.2, 0.25) is 18.1 Å². The van der Waals surface area contributed by atoms with E-state index in [0.29, 0.717) is 26.0 Å². The van der Waals surface area contributed by atoms with Crippen molar-refractivity contribution in [2.75, 3.05) is 37.6 Å². The Morgan fingerprint density at radius 3 is 2.35 bits per heavy atom. The number of anilines is 1. The highest BCUT2D eigenvalue weighted by atomic mass is 19.4. The minimum Gasteiger partial charge on any atom is -0.474 e. The minimum absolute atomic E-state index is 0.00741. The highest BCUT2D eigenvalue weighted by molar-refractivity contribution is 5.46. The van der Waals surface area contributed by atoms with Gasteiger partial charge >= 0.3 is 6.18 Å². The Morgan fingerprint density at radius 2 is 1.88 bits per heavy atom. The van der Waals surface area contributed by atoms with Gasteiger partial charge in [-0.05, 0) is 38.7 Å².